The van der Waals surface area contributed by atoms with Crippen LogP contribution in [0, 0.1) is 0 Å². The molecule has 0 saturated heterocycles. The van der Waals surface area contributed by atoms with Gasteiger partial charge in [0.2, 0.25) is 0 Å². The van der Waals surface area contributed by atoms with Crippen molar-refractivity contribution >= 4 is 21.8 Å². The molecule has 8 aromatic carbocycles. The van der Waals surface area contributed by atoms with E-state index in [0.29, 0.717) is 5.82 Å². The van der Waals surface area contributed by atoms with Crippen LogP contribution in [-0.2, 0) is 5.41 Å². The number of hydrogen-bond acceptors (Lipinski definition) is 3. The molecule has 3 heterocycles. The van der Waals surface area contributed by atoms with E-state index in [1.54, 1.807) is 0 Å². The largest absolute Gasteiger partial charge is 0.309 e. The van der Waals surface area contributed by atoms with Crippen LogP contribution in [-0.4, -0.2) is 19.7 Å². The van der Waals surface area contributed by atoms with Gasteiger partial charge in [-0.05, 0) is 56.6 Å². The zero-order valence-electron chi connectivity index (χ0n) is 30.3. The van der Waals surface area contributed by atoms with Gasteiger partial charge in [0.15, 0.2) is 5.82 Å². The summed E-state index contributed by atoms with van der Waals surface area (Å²) in [5.41, 5.74) is 17.6. The lowest BCUT2D eigenvalue weighted by Crippen LogP contribution is -2.33. The Kier molecular flexibility index (Phi) is 6.52. The minimum atomic E-state index is -0.538. The zero-order chi connectivity index (χ0) is 36.8. The highest BCUT2D eigenvalue weighted by Gasteiger charge is 2.51. The minimum absolute atomic E-state index is 0.538. The first-order valence-electron chi connectivity index (χ1n) is 19.1. The highest BCUT2D eigenvalue weighted by atomic mass is 15.2. The Bertz CT molecular complexity index is 3200. The van der Waals surface area contributed by atoms with Crippen LogP contribution in [0.4, 0.5) is 0 Å². The summed E-state index contributed by atoms with van der Waals surface area (Å²) in [6, 6.07) is 69.8. The predicted octanol–water partition coefficient (Wildman–Crippen LogP) is 12.3. The van der Waals surface area contributed by atoms with E-state index < -0.39 is 5.41 Å². The van der Waals surface area contributed by atoms with Crippen LogP contribution in [0.5, 0.6) is 0 Å². The van der Waals surface area contributed by atoms with Gasteiger partial charge in [-0.15, -0.1) is 10.2 Å². The Morgan fingerprint density at radius 1 is 0.375 bits per heavy atom. The zero-order valence-corrected chi connectivity index (χ0v) is 30.3. The van der Waals surface area contributed by atoms with Crippen molar-refractivity contribution in [3.8, 4) is 61.8 Å². The van der Waals surface area contributed by atoms with Gasteiger partial charge in [0.05, 0.1) is 22.1 Å². The third-order valence-electron chi connectivity index (χ3n) is 12.0. The molecule has 2 aliphatic rings. The van der Waals surface area contributed by atoms with Crippen LogP contribution in [0.2, 0.25) is 0 Å². The van der Waals surface area contributed by atoms with E-state index in [4.69, 9.17) is 10.1 Å². The molecule has 12 rings (SSSR count). The third-order valence-corrected chi connectivity index (χ3v) is 12.0. The summed E-state index contributed by atoms with van der Waals surface area (Å²) in [6.45, 7) is 0. The summed E-state index contributed by atoms with van der Waals surface area (Å²) in [5, 5.41) is 12.1. The number of benzene rings is 8. The molecular weight excluding hydrogens is 681 g/mol. The van der Waals surface area contributed by atoms with Crippen molar-refractivity contribution in [3.05, 3.63) is 216 Å². The summed E-state index contributed by atoms with van der Waals surface area (Å²) in [5.74, 6) is 0.597. The second-order valence-corrected chi connectivity index (χ2v) is 14.7. The third kappa shape index (κ3) is 4.10. The summed E-state index contributed by atoms with van der Waals surface area (Å²) < 4.78 is 2.50. The normalized spacial score (nSPS) is 14.9. The fourth-order valence-electron chi connectivity index (χ4n) is 9.77. The van der Waals surface area contributed by atoms with Crippen molar-refractivity contribution in [2.24, 2.45) is 0 Å². The predicted molar refractivity (Wildman–Crippen MR) is 227 cm³/mol. The Labute approximate surface area is 324 Å². The second-order valence-electron chi connectivity index (χ2n) is 14.7. The lowest BCUT2D eigenvalue weighted by molar-refractivity contribution is 0.748. The number of hydrogen-bond donors (Lipinski definition) is 0. The average Bonchev–Trinajstić information content (AvgIpc) is 3.78. The average molecular weight is 713 g/mol. The van der Waals surface area contributed by atoms with E-state index in [9.17, 15) is 0 Å². The molecule has 10 aromatic rings. The molecule has 0 bridgehead atoms. The van der Waals surface area contributed by atoms with Crippen LogP contribution in [0.1, 0.15) is 22.3 Å². The molecule has 4 nitrogen and oxygen atoms in total. The molecule has 1 unspecified atom stereocenters. The minimum Gasteiger partial charge on any atom is -0.309 e. The monoisotopic (exact) mass is 712 g/mol. The second kappa shape index (κ2) is 11.8. The van der Waals surface area contributed by atoms with E-state index in [1.165, 1.54) is 60.9 Å². The number of para-hydroxylation sites is 3. The number of fused-ring (bicyclic) bond motifs is 12. The van der Waals surface area contributed by atoms with E-state index in [-0.39, 0.29) is 0 Å². The number of aromatic nitrogens is 4. The highest BCUT2D eigenvalue weighted by Crippen LogP contribution is 2.62. The van der Waals surface area contributed by atoms with Crippen LogP contribution in [0.3, 0.4) is 0 Å². The molecule has 0 fully saturated rings. The van der Waals surface area contributed by atoms with Gasteiger partial charge in [0.25, 0.3) is 0 Å². The van der Waals surface area contributed by atoms with Gasteiger partial charge in [-0.3, -0.25) is 0 Å². The van der Waals surface area contributed by atoms with Crippen molar-refractivity contribution in [2.75, 3.05) is 0 Å². The van der Waals surface area contributed by atoms with E-state index in [2.05, 4.69) is 155 Å². The van der Waals surface area contributed by atoms with Crippen LogP contribution >= 0.6 is 0 Å². The van der Waals surface area contributed by atoms with Crippen LogP contribution in [0.25, 0.3) is 83.6 Å². The quantitative estimate of drug-likeness (QED) is 0.182. The maximum Gasteiger partial charge on any atom is 0.182 e. The Balaban J connectivity index is 1.17. The standard InChI is InChI=1S/C52H32N4/c1-3-17-33(18-4-1)48-49(53-51(55-54-48)34-19-5-2-6-20-34)38-23-8-7-21-35(38)37-25-15-29-43-47(37)40-24-9-11-27-41(40)52(43)42-28-12-14-32-46(42)56-45-31-13-10-22-36(45)39-26-16-30-44(52)50(39)56/h1-32H. The van der Waals surface area contributed by atoms with Gasteiger partial charge in [-0.1, -0.05) is 182 Å². The SMILES string of the molecule is c1ccc(-c2nnc(-c3ccccc3)c(-c3ccccc3-c3cccc4c3-c3ccccc3C43c4ccccc4-n4c5ccccc5c5cccc3c54)n2)cc1. The summed E-state index contributed by atoms with van der Waals surface area (Å²) in [4.78, 5) is 5.32. The van der Waals surface area contributed by atoms with Gasteiger partial charge < -0.3 is 4.57 Å². The fourth-order valence-corrected chi connectivity index (χ4v) is 9.77. The smallest absolute Gasteiger partial charge is 0.182 e. The molecule has 4 heteroatoms. The van der Waals surface area contributed by atoms with Gasteiger partial charge in [-0.25, -0.2) is 4.98 Å². The first kappa shape index (κ1) is 31.0. The van der Waals surface area contributed by atoms with Crippen molar-refractivity contribution in [1.29, 1.82) is 0 Å². The van der Waals surface area contributed by atoms with Crippen molar-refractivity contribution in [3.63, 3.8) is 0 Å². The van der Waals surface area contributed by atoms with Crippen molar-refractivity contribution < 1.29 is 0 Å². The molecule has 0 amide bonds. The highest BCUT2D eigenvalue weighted by molar-refractivity contribution is 6.13. The topological polar surface area (TPSA) is 43.6 Å². The number of rotatable bonds is 4. The first-order chi connectivity index (χ1) is 27.8. The molecular formula is C52H32N4. The van der Waals surface area contributed by atoms with Gasteiger partial charge in [0, 0.05) is 27.5 Å². The van der Waals surface area contributed by atoms with Crippen molar-refractivity contribution in [2.45, 2.75) is 5.41 Å². The van der Waals surface area contributed by atoms with Crippen LogP contribution < -0.4 is 0 Å². The van der Waals surface area contributed by atoms with Gasteiger partial charge >= 0.3 is 0 Å². The molecule has 1 spiro atoms. The molecule has 1 aliphatic heterocycles. The van der Waals surface area contributed by atoms with Gasteiger partial charge in [0.1, 0.15) is 11.4 Å². The Hall–Kier alpha value is -7.43. The molecule has 1 atom stereocenters. The van der Waals surface area contributed by atoms with E-state index in [0.717, 1.165) is 39.2 Å². The lowest BCUT2D eigenvalue weighted by Gasteiger charge is -2.39. The molecule has 0 N–H and O–H groups in total. The van der Waals surface area contributed by atoms with E-state index in [1.807, 2.05) is 48.5 Å². The molecule has 0 saturated carbocycles. The molecule has 1 aliphatic carbocycles. The Morgan fingerprint density at radius 2 is 0.964 bits per heavy atom. The molecule has 2 aromatic heterocycles. The lowest BCUT2D eigenvalue weighted by atomic mass is 9.65. The summed E-state index contributed by atoms with van der Waals surface area (Å²) in [7, 11) is 0. The summed E-state index contributed by atoms with van der Waals surface area (Å²) >= 11 is 0. The molecule has 56 heavy (non-hydrogen) atoms. The molecule has 0 radical (unpaired) electrons. The van der Waals surface area contributed by atoms with Gasteiger partial charge in [-0.2, -0.15) is 0 Å². The maximum absolute atomic E-state index is 5.32. The number of nitrogens with zero attached hydrogens (tertiary/aromatic N) is 4. The van der Waals surface area contributed by atoms with Crippen molar-refractivity contribution in [1.82, 2.24) is 19.7 Å². The van der Waals surface area contributed by atoms with Crippen LogP contribution in [0.15, 0.2) is 194 Å². The van der Waals surface area contributed by atoms with E-state index >= 15 is 0 Å². The maximum atomic E-state index is 5.32. The summed E-state index contributed by atoms with van der Waals surface area (Å²) in [6.07, 6.45) is 0. The molecule has 260 valence electrons. The fraction of sp³-hybridized carbons (Fsp3) is 0.0192. The first-order valence-corrected chi connectivity index (χ1v) is 19.1. The Morgan fingerprint density at radius 3 is 1.80 bits per heavy atom.